The summed E-state index contributed by atoms with van der Waals surface area (Å²) < 4.78 is 0. The largest absolute Gasteiger partial charge is 0.481 e. The summed E-state index contributed by atoms with van der Waals surface area (Å²) in [6, 6.07) is 3.99. The molecule has 1 saturated heterocycles. The zero-order valence-electron chi connectivity index (χ0n) is 16.0. The molecule has 1 heterocycles. The van der Waals surface area contributed by atoms with Crippen LogP contribution >= 0.6 is 12.4 Å². The number of carboxylic acid groups (broad SMARTS) is 1. The van der Waals surface area contributed by atoms with E-state index in [-0.39, 0.29) is 37.3 Å². The highest BCUT2D eigenvalue weighted by Gasteiger charge is 2.26. The first-order valence-electron chi connectivity index (χ1n) is 8.86. The lowest BCUT2D eigenvalue weighted by molar-refractivity contribution is -0.144. The van der Waals surface area contributed by atoms with Crippen LogP contribution in [0.5, 0.6) is 0 Å². The number of hydrogen-bond acceptors (Lipinski definition) is 4. The number of anilines is 1. The van der Waals surface area contributed by atoms with E-state index in [9.17, 15) is 14.4 Å². The third-order valence-electron chi connectivity index (χ3n) is 4.61. The average molecular weight is 398 g/mol. The molecule has 150 valence electrons. The Bertz CT molecular complexity index is 685. The molecule has 27 heavy (non-hydrogen) atoms. The van der Waals surface area contributed by atoms with Crippen LogP contribution in [0.2, 0.25) is 0 Å². The number of nitrogens with zero attached hydrogens (tertiary/aromatic N) is 1. The Morgan fingerprint density at radius 3 is 2.37 bits per heavy atom. The summed E-state index contributed by atoms with van der Waals surface area (Å²) in [4.78, 5) is 37.1. The number of aliphatic carboxylic acids is 1. The summed E-state index contributed by atoms with van der Waals surface area (Å²) >= 11 is 0. The maximum atomic E-state index is 12.1. The van der Waals surface area contributed by atoms with Crippen LogP contribution in [-0.2, 0) is 14.4 Å². The normalized spacial score (nSPS) is 16.9. The monoisotopic (exact) mass is 397 g/mol. The minimum atomic E-state index is -0.821. The molecule has 1 fully saturated rings. The highest BCUT2D eigenvalue weighted by atomic mass is 35.5. The fourth-order valence-corrected chi connectivity index (χ4v) is 3.40. The Hall–Kier alpha value is -2.12. The van der Waals surface area contributed by atoms with Crippen molar-refractivity contribution < 1.29 is 19.5 Å². The fourth-order valence-electron chi connectivity index (χ4n) is 3.40. The maximum Gasteiger partial charge on any atom is 0.307 e. The Morgan fingerprint density at radius 1 is 1.15 bits per heavy atom. The highest BCUT2D eigenvalue weighted by molar-refractivity contribution is 5.96. The second-order valence-corrected chi connectivity index (χ2v) is 7.01. The Labute approximate surface area is 165 Å². The molecular weight excluding hydrogens is 370 g/mol. The fraction of sp³-hybridized carbons (Fsp3) is 0.526. The van der Waals surface area contributed by atoms with E-state index in [1.54, 1.807) is 0 Å². The first-order chi connectivity index (χ1) is 12.3. The number of nitrogens with one attached hydrogen (secondary N) is 2. The van der Waals surface area contributed by atoms with E-state index in [0.717, 1.165) is 28.8 Å². The molecule has 8 heteroatoms. The smallest absolute Gasteiger partial charge is 0.307 e. The van der Waals surface area contributed by atoms with Crippen molar-refractivity contribution in [3.8, 4) is 0 Å². The van der Waals surface area contributed by atoms with Crippen LogP contribution in [0, 0.1) is 26.7 Å². The lowest BCUT2D eigenvalue weighted by Gasteiger charge is -2.29. The number of likely N-dealkylation sites (tertiary alicyclic amines) is 1. The summed E-state index contributed by atoms with van der Waals surface area (Å²) in [6.45, 7) is 6.94. The van der Waals surface area contributed by atoms with Crippen LogP contribution in [0.3, 0.4) is 0 Å². The molecule has 1 aromatic carbocycles. The quantitative estimate of drug-likeness (QED) is 0.680. The van der Waals surface area contributed by atoms with Crippen LogP contribution in [0.4, 0.5) is 5.69 Å². The van der Waals surface area contributed by atoms with Crippen molar-refractivity contribution in [3.05, 3.63) is 28.8 Å². The number of halogens is 1. The van der Waals surface area contributed by atoms with Gasteiger partial charge in [0.25, 0.3) is 0 Å². The van der Waals surface area contributed by atoms with Crippen molar-refractivity contribution in [3.63, 3.8) is 0 Å². The first kappa shape index (κ1) is 22.9. The molecule has 1 aromatic rings. The van der Waals surface area contributed by atoms with E-state index in [1.807, 2.05) is 37.8 Å². The Morgan fingerprint density at radius 2 is 1.78 bits per heavy atom. The van der Waals surface area contributed by atoms with E-state index in [2.05, 4.69) is 10.6 Å². The number of benzene rings is 1. The van der Waals surface area contributed by atoms with Crippen molar-refractivity contribution in [1.29, 1.82) is 0 Å². The molecule has 2 amide bonds. The molecule has 0 aromatic heterocycles. The number of carboxylic acids is 1. The van der Waals surface area contributed by atoms with E-state index >= 15 is 0 Å². The van der Waals surface area contributed by atoms with Crippen LogP contribution < -0.4 is 10.6 Å². The van der Waals surface area contributed by atoms with Gasteiger partial charge in [-0.2, -0.15) is 0 Å². The predicted molar refractivity (Wildman–Crippen MR) is 106 cm³/mol. The van der Waals surface area contributed by atoms with Gasteiger partial charge in [-0.3, -0.25) is 19.3 Å². The highest BCUT2D eigenvalue weighted by Crippen LogP contribution is 2.21. The minimum absolute atomic E-state index is 0. The van der Waals surface area contributed by atoms with Crippen LogP contribution in [-0.4, -0.2) is 54.0 Å². The Balaban J connectivity index is 0.00000364. The molecule has 1 aliphatic rings. The van der Waals surface area contributed by atoms with Gasteiger partial charge in [-0.15, -0.1) is 12.4 Å². The minimum Gasteiger partial charge on any atom is -0.481 e. The van der Waals surface area contributed by atoms with Crippen molar-refractivity contribution in [2.45, 2.75) is 33.6 Å². The molecule has 1 unspecified atom stereocenters. The number of piperidine rings is 1. The van der Waals surface area contributed by atoms with Crippen molar-refractivity contribution in [1.82, 2.24) is 10.2 Å². The number of hydrogen-bond donors (Lipinski definition) is 3. The number of carbonyl (C=O) groups is 3. The van der Waals surface area contributed by atoms with Crippen molar-refractivity contribution in [2.75, 3.05) is 31.5 Å². The van der Waals surface area contributed by atoms with Crippen molar-refractivity contribution >= 4 is 35.9 Å². The topological polar surface area (TPSA) is 98.7 Å². The molecule has 0 saturated carbocycles. The van der Waals surface area contributed by atoms with E-state index < -0.39 is 11.9 Å². The Kier molecular flexibility index (Phi) is 8.72. The number of rotatable bonds is 6. The lowest BCUT2D eigenvalue weighted by atomic mass is 9.98. The number of amides is 2. The SMILES string of the molecule is Cc1cc(C)c(NC(=O)CNC(=O)CN2CCCC(C(=O)O)C2)c(C)c1.Cl. The van der Waals surface area contributed by atoms with Gasteiger partial charge in [0.05, 0.1) is 19.0 Å². The molecule has 7 nitrogen and oxygen atoms in total. The molecule has 0 radical (unpaired) electrons. The molecule has 0 spiro atoms. The third kappa shape index (κ3) is 6.84. The zero-order valence-corrected chi connectivity index (χ0v) is 16.8. The summed E-state index contributed by atoms with van der Waals surface area (Å²) in [5.41, 5.74) is 3.87. The van der Waals surface area contributed by atoms with Gasteiger partial charge in [-0.1, -0.05) is 17.7 Å². The standard InChI is InChI=1S/C19H27N3O4.ClH/c1-12-7-13(2)18(14(3)8-12)21-16(23)9-20-17(24)11-22-6-4-5-15(10-22)19(25)26;/h7-8,15H,4-6,9-11H2,1-3H3,(H,20,24)(H,21,23)(H,25,26);1H. The number of carbonyl (C=O) groups excluding carboxylic acids is 2. The zero-order chi connectivity index (χ0) is 19.3. The van der Waals surface area contributed by atoms with Gasteiger partial charge in [-0.05, 0) is 51.3 Å². The predicted octanol–water partition coefficient (Wildman–Crippen LogP) is 1.88. The summed E-state index contributed by atoms with van der Waals surface area (Å²) in [7, 11) is 0. The summed E-state index contributed by atoms with van der Waals surface area (Å²) in [6.07, 6.45) is 1.40. The van der Waals surface area contributed by atoms with Gasteiger partial charge in [0.1, 0.15) is 0 Å². The van der Waals surface area contributed by atoms with E-state index in [4.69, 9.17) is 5.11 Å². The summed E-state index contributed by atoms with van der Waals surface area (Å²) in [5.74, 6) is -1.80. The van der Waals surface area contributed by atoms with Gasteiger partial charge in [0, 0.05) is 12.2 Å². The van der Waals surface area contributed by atoms with Gasteiger partial charge in [0.15, 0.2) is 0 Å². The molecule has 1 aliphatic heterocycles. The first-order valence-corrected chi connectivity index (χ1v) is 8.86. The van der Waals surface area contributed by atoms with Gasteiger partial charge in [0.2, 0.25) is 11.8 Å². The third-order valence-corrected chi connectivity index (χ3v) is 4.61. The molecule has 2 rings (SSSR count). The molecular formula is C19H28ClN3O4. The van der Waals surface area contributed by atoms with Crippen molar-refractivity contribution in [2.24, 2.45) is 5.92 Å². The lowest BCUT2D eigenvalue weighted by Crippen LogP contribution is -2.45. The van der Waals surface area contributed by atoms with Crippen LogP contribution in [0.15, 0.2) is 12.1 Å². The van der Waals surface area contributed by atoms with Crippen LogP contribution in [0.1, 0.15) is 29.5 Å². The summed E-state index contributed by atoms with van der Waals surface area (Å²) in [5, 5.41) is 14.5. The average Bonchev–Trinajstić information content (AvgIpc) is 2.56. The molecule has 1 atom stereocenters. The van der Waals surface area contributed by atoms with E-state index in [0.29, 0.717) is 19.5 Å². The van der Waals surface area contributed by atoms with Gasteiger partial charge < -0.3 is 15.7 Å². The van der Waals surface area contributed by atoms with Crippen LogP contribution in [0.25, 0.3) is 0 Å². The second-order valence-electron chi connectivity index (χ2n) is 7.01. The van der Waals surface area contributed by atoms with E-state index in [1.165, 1.54) is 0 Å². The molecule has 0 bridgehead atoms. The second kappa shape index (κ2) is 10.3. The van der Waals surface area contributed by atoms with Gasteiger partial charge >= 0.3 is 5.97 Å². The molecule has 0 aliphatic carbocycles. The number of aryl methyl sites for hydroxylation is 3. The maximum absolute atomic E-state index is 12.1. The molecule has 3 N–H and O–H groups in total. The van der Waals surface area contributed by atoms with Gasteiger partial charge in [-0.25, -0.2) is 0 Å².